The summed E-state index contributed by atoms with van der Waals surface area (Å²) >= 11 is 0. The van der Waals surface area contributed by atoms with Crippen molar-refractivity contribution in [3.63, 3.8) is 0 Å². The Morgan fingerprint density at radius 3 is 2.53 bits per heavy atom. The largest absolute Gasteiger partial charge is 0.394 e. The third-order valence-corrected chi connectivity index (χ3v) is 4.98. The molecule has 2 atom stereocenters. The number of aliphatic hydroxyl groups is 1. The van der Waals surface area contributed by atoms with Crippen molar-refractivity contribution < 1.29 is 5.11 Å². The monoisotopic (exact) mass is 239 g/mol. The average Bonchev–Trinajstić information content (AvgIpc) is 2.40. The molecule has 0 aromatic heterocycles. The van der Waals surface area contributed by atoms with Crippen LogP contribution in [0, 0.1) is 5.92 Å². The molecule has 0 radical (unpaired) electrons. The first-order valence-corrected chi connectivity index (χ1v) is 7.66. The van der Waals surface area contributed by atoms with Crippen molar-refractivity contribution in [3.05, 3.63) is 0 Å². The van der Waals surface area contributed by atoms with E-state index in [2.05, 4.69) is 12.2 Å². The van der Waals surface area contributed by atoms with E-state index >= 15 is 0 Å². The third kappa shape index (κ3) is 3.45. The van der Waals surface area contributed by atoms with E-state index < -0.39 is 0 Å². The molecule has 2 rings (SSSR count). The highest BCUT2D eigenvalue weighted by molar-refractivity contribution is 4.94. The quantitative estimate of drug-likeness (QED) is 0.789. The lowest BCUT2D eigenvalue weighted by atomic mass is 9.78. The third-order valence-electron chi connectivity index (χ3n) is 4.98. The van der Waals surface area contributed by atoms with Crippen molar-refractivity contribution in [1.29, 1.82) is 0 Å². The molecule has 17 heavy (non-hydrogen) atoms. The van der Waals surface area contributed by atoms with Gasteiger partial charge < -0.3 is 10.4 Å². The van der Waals surface area contributed by atoms with Crippen molar-refractivity contribution in [1.82, 2.24) is 5.32 Å². The Morgan fingerprint density at radius 1 is 1.12 bits per heavy atom. The number of aliphatic hydroxyl groups excluding tert-OH is 1. The van der Waals surface area contributed by atoms with E-state index in [4.69, 9.17) is 0 Å². The molecule has 2 aliphatic rings. The minimum absolute atomic E-state index is 0.0680. The van der Waals surface area contributed by atoms with Crippen LogP contribution in [0.3, 0.4) is 0 Å². The summed E-state index contributed by atoms with van der Waals surface area (Å²) in [6.45, 7) is 2.65. The Kier molecular flexibility index (Phi) is 4.87. The molecule has 2 aliphatic carbocycles. The van der Waals surface area contributed by atoms with Crippen LogP contribution in [0.4, 0.5) is 0 Å². The van der Waals surface area contributed by atoms with Gasteiger partial charge in [-0.1, -0.05) is 45.4 Å². The zero-order valence-corrected chi connectivity index (χ0v) is 11.4. The van der Waals surface area contributed by atoms with Gasteiger partial charge in [0, 0.05) is 11.6 Å². The maximum absolute atomic E-state index is 9.73. The fourth-order valence-electron chi connectivity index (χ4n) is 3.80. The Hall–Kier alpha value is -0.0800. The summed E-state index contributed by atoms with van der Waals surface area (Å²) in [5.74, 6) is 0.917. The molecule has 0 saturated heterocycles. The highest BCUT2D eigenvalue weighted by Crippen LogP contribution is 2.32. The molecule has 0 amide bonds. The van der Waals surface area contributed by atoms with Gasteiger partial charge in [0.25, 0.3) is 0 Å². The first-order chi connectivity index (χ1) is 8.28. The SMILES string of the molecule is CCC1CCCC(NC2(CO)CCCCC2)C1. The molecule has 0 heterocycles. The summed E-state index contributed by atoms with van der Waals surface area (Å²) in [5.41, 5.74) is 0.0680. The van der Waals surface area contributed by atoms with E-state index in [0.29, 0.717) is 12.6 Å². The van der Waals surface area contributed by atoms with Gasteiger partial charge in [0.05, 0.1) is 6.61 Å². The summed E-state index contributed by atoms with van der Waals surface area (Å²) < 4.78 is 0. The smallest absolute Gasteiger partial charge is 0.0613 e. The number of rotatable bonds is 4. The lowest BCUT2D eigenvalue weighted by Crippen LogP contribution is -2.55. The first kappa shape index (κ1) is 13.4. The molecule has 2 fully saturated rings. The Balaban J connectivity index is 1.88. The maximum Gasteiger partial charge on any atom is 0.0613 e. The highest BCUT2D eigenvalue weighted by Gasteiger charge is 2.34. The van der Waals surface area contributed by atoms with Crippen molar-refractivity contribution >= 4 is 0 Å². The van der Waals surface area contributed by atoms with Crippen LogP contribution in [-0.4, -0.2) is 23.3 Å². The number of hydrogen-bond donors (Lipinski definition) is 2. The summed E-state index contributed by atoms with van der Waals surface area (Å²) in [7, 11) is 0. The van der Waals surface area contributed by atoms with Gasteiger partial charge in [-0.15, -0.1) is 0 Å². The molecular formula is C15H29NO. The average molecular weight is 239 g/mol. The predicted octanol–water partition coefficient (Wildman–Crippen LogP) is 3.24. The zero-order chi connectivity index (χ0) is 12.1. The molecule has 0 aromatic carbocycles. The van der Waals surface area contributed by atoms with Crippen LogP contribution in [0.2, 0.25) is 0 Å². The Bertz CT molecular complexity index is 223. The van der Waals surface area contributed by atoms with Gasteiger partial charge in [-0.2, -0.15) is 0 Å². The van der Waals surface area contributed by atoms with Crippen molar-refractivity contribution in [2.45, 2.75) is 82.7 Å². The fourth-order valence-corrected chi connectivity index (χ4v) is 3.80. The molecule has 2 heteroatoms. The van der Waals surface area contributed by atoms with Crippen LogP contribution in [0.15, 0.2) is 0 Å². The van der Waals surface area contributed by atoms with Crippen molar-refractivity contribution in [3.8, 4) is 0 Å². The fraction of sp³-hybridized carbons (Fsp3) is 1.00. The van der Waals surface area contributed by atoms with Crippen LogP contribution < -0.4 is 5.32 Å². The van der Waals surface area contributed by atoms with Crippen LogP contribution in [0.1, 0.15) is 71.1 Å². The first-order valence-electron chi connectivity index (χ1n) is 7.66. The van der Waals surface area contributed by atoms with Crippen LogP contribution in [0.25, 0.3) is 0 Å². The van der Waals surface area contributed by atoms with Crippen molar-refractivity contribution in [2.24, 2.45) is 5.92 Å². The second kappa shape index (κ2) is 6.19. The van der Waals surface area contributed by atoms with Crippen LogP contribution >= 0.6 is 0 Å². The van der Waals surface area contributed by atoms with E-state index in [1.807, 2.05) is 0 Å². The van der Waals surface area contributed by atoms with E-state index in [1.54, 1.807) is 0 Å². The van der Waals surface area contributed by atoms with Crippen LogP contribution in [-0.2, 0) is 0 Å². The standard InChI is InChI=1S/C15H29NO/c1-2-13-7-6-8-14(11-13)16-15(12-17)9-4-3-5-10-15/h13-14,16-17H,2-12H2,1H3. The summed E-state index contributed by atoms with van der Waals surface area (Å²) in [4.78, 5) is 0. The van der Waals surface area contributed by atoms with Gasteiger partial charge in [0.1, 0.15) is 0 Å². The molecule has 0 spiro atoms. The summed E-state index contributed by atoms with van der Waals surface area (Å²) in [6.07, 6.45) is 13.0. The molecule has 2 nitrogen and oxygen atoms in total. The number of nitrogens with one attached hydrogen (secondary N) is 1. The molecule has 2 N–H and O–H groups in total. The van der Waals surface area contributed by atoms with Gasteiger partial charge in [-0.25, -0.2) is 0 Å². The second-order valence-electron chi connectivity index (χ2n) is 6.28. The van der Waals surface area contributed by atoms with Gasteiger partial charge >= 0.3 is 0 Å². The second-order valence-corrected chi connectivity index (χ2v) is 6.28. The Labute approximate surface area is 106 Å². The van der Waals surface area contributed by atoms with E-state index in [-0.39, 0.29) is 5.54 Å². The normalized spacial score (nSPS) is 33.5. The van der Waals surface area contributed by atoms with Gasteiger partial charge in [-0.3, -0.25) is 0 Å². The van der Waals surface area contributed by atoms with Gasteiger partial charge in [0.2, 0.25) is 0 Å². The molecular weight excluding hydrogens is 210 g/mol. The van der Waals surface area contributed by atoms with E-state index in [0.717, 1.165) is 5.92 Å². The maximum atomic E-state index is 9.73. The molecule has 0 bridgehead atoms. The molecule has 2 saturated carbocycles. The molecule has 0 aromatic rings. The minimum atomic E-state index is 0.0680. The molecule has 100 valence electrons. The van der Waals surface area contributed by atoms with Crippen molar-refractivity contribution in [2.75, 3.05) is 6.61 Å². The van der Waals surface area contributed by atoms with Gasteiger partial charge in [0.15, 0.2) is 0 Å². The zero-order valence-electron chi connectivity index (χ0n) is 11.4. The number of hydrogen-bond acceptors (Lipinski definition) is 2. The van der Waals surface area contributed by atoms with Gasteiger partial charge in [-0.05, 0) is 31.6 Å². The highest BCUT2D eigenvalue weighted by atomic mass is 16.3. The molecule has 0 aliphatic heterocycles. The summed E-state index contributed by atoms with van der Waals surface area (Å²) in [5, 5.41) is 13.6. The summed E-state index contributed by atoms with van der Waals surface area (Å²) in [6, 6.07) is 0.666. The topological polar surface area (TPSA) is 32.3 Å². The van der Waals surface area contributed by atoms with E-state index in [9.17, 15) is 5.11 Å². The Morgan fingerprint density at radius 2 is 1.88 bits per heavy atom. The molecule has 2 unspecified atom stereocenters. The lowest BCUT2D eigenvalue weighted by molar-refractivity contribution is 0.0950. The predicted molar refractivity (Wildman–Crippen MR) is 72.1 cm³/mol. The van der Waals surface area contributed by atoms with Crippen LogP contribution in [0.5, 0.6) is 0 Å². The minimum Gasteiger partial charge on any atom is -0.394 e. The lowest BCUT2D eigenvalue weighted by Gasteiger charge is -2.42. The van der Waals surface area contributed by atoms with E-state index in [1.165, 1.54) is 64.2 Å².